The normalized spacial score (nSPS) is 12.0. The number of rotatable bonds is 10. The zero-order valence-electron chi connectivity index (χ0n) is 17.4. The summed E-state index contributed by atoms with van der Waals surface area (Å²) in [4.78, 5) is 17.0. The van der Waals surface area contributed by atoms with Crippen LogP contribution in [0.2, 0.25) is 0 Å². The van der Waals surface area contributed by atoms with Crippen molar-refractivity contribution < 1.29 is 13.2 Å². The van der Waals surface area contributed by atoms with E-state index in [1.54, 1.807) is 12.3 Å². The van der Waals surface area contributed by atoms with Gasteiger partial charge in [0.1, 0.15) is 17.9 Å². The molecule has 1 aromatic carbocycles. The smallest absolute Gasteiger partial charge is 0.246 e. The number of sulfone groups is 1. The van der Waals surface area contributed by atoms with E-state index in [2.05, 4.69) is 25.6 Å². The third-order valence-electron chi connectivity index (χ3n) is 5.11. The number of ether oxygens (including phenoxy) is 1. The van der Waals surface area contributed by atoms with Gasteiger partial charge in [0, 0.05) is 30.9 Å². The second kappa shape index (κ2) is 9.49. The van der Waals surface area contributed by atoms with Gasteiger partial charge in [-0.25, -0.2) is 23.4 Å². The Morgan fingerprint density at radius 3 is 2.58 bits per heavy atom. The largest absolute Gasteiger partial charge is 0.374 e. The number of hydrogen-bond donors (Lipinski definition) is 0. The molecular formula is C22H25N5O3S. The molecule has 0 radical (unpaired) electrons. The lowest BCUT2D eigenvalue weighted by Crippen LogP contribution is -2.11. The summed E-state index contributed by atoms with van der Waals surface area (Å²) in [5, 5.41) is 0.952. The van der Waals surface area contributed by atoms with Crippen LogP contribution in [0.15, 0.2) is 54.1 Å². The first kappa shape index (κ1) is 21.3. The third kappa shape index (κ3) is 4.72. The van der Waals surface area contributed by atoms with E-state index in [-0.39, 0.29) is 10.9 Å². The van der Waals surface area contributed by atoms with Gasteiger partial charge in [-0.05, 0) is 31.9 Å². The molecule has 31 heavy (non-hydrogen) atoms. The van der Waals surface area contributed by atoms with E-state index in [4.69, 9.17) is 9.72 Å². The number of unbranched alkanes of at least 4 members (excludes halogenated alkanes) is 2. The van der Waals surface area contributed by atoms with Crippen LogP contribution in [0.3, 0.4) is 0 Å². The van der Waals surface area contributed by atoms with Crippen molar-refractivity contribution >= 4 is 31.8 Å². The van der Waals surface area contributed by atoms with Gasteiger partial charge in [0.05, 0.1) is 23.0 Å². The molecule has 0 unspecified atom stereocenters. The predicted molar refractivity (Wildman–Crippen MR) is 118 cm³/mol. The molecule has 8 nitrogen and oxygen atoms in total. The number of aryl methyl sites for hydroxylation is 1. The van der Waals surface area contributed by atoms with Gasteiger partial charge in [-0.2, -0.15) is 0 Å². The fourth-order valence-electron chi connectivity index (χ4n) is 3.63. The molecule has 0 aliphatic rings. The Bertz CT molecular complexity index is 1270. The first-order valence-electron chi connectivity index (χ1n) is 10.4. The average Bonchev–Trinajstić information content (AvgIpc) is 3.16. The van der Waals surface area contributed by atoms with Gasteiger partial charge >= 0.3 is 0 Å². The summed E-state index contributed by atoms with van der Waals surface area (Å²) in [6, 6.07) is 9.62. The van der Waals surface area contributed by atoms with Crippen LogP contribution < -0.4 is 0 Å². The Hall–Kier alpha value is -2.91. The zero-order chi connectivity index (χ0) is 21.7. The molecule has 3 heterocycles. The maximum Gasteiger partial charge on any atom is 0.246 e. The minimum Gasteiger partial charge on any atom is -0.374 e. The first-order chi connectivity index (χ1) is 15.1. The molecule has 162 valence electrons. The lowest BCUT2D eigenvalue weighted by Gasteiger charge is -2.11. The predicted octanol–water partition coefficient (Wildman–Crippen LogP) is 3.56. The van der Waals surface area contributed by atoms with Crippen molar-refractivity contribution in [1.82, 2.24) is 24.5 Å². The quantitative estimate of drug-likeness (QED) is 0.275. The van der Waals surface area contributed by atoms with Crippen molar-refractivity contribution in [2.75, 3.05) is 12.4 Å². The Morgan fingerprint density at radius 1 is 0.968 bits per heavy atom. The maximum atomic E-state index is 12.4. The second-order valence-corrected chi connectivity index (χ2v) is 9.24. The lowest BCUT2D eigenvalue weighted by molar-refractivity contribution is 0.126. The number of para-hydroxylation sites is 1. The summed E-state index contributed by atoms with van der Waals surface area (Å²) in [5.74, 6) is 0.903. The number of aromatic nitrogens is 5. The highest BCUT2D eigenvalue weighted by molar-refractivity contribution is 7.91. The fourth-order valence-corrected chi connectivity index (χ4v) is 4.84. The summed E-state index contributed by atoms with van der Waals surface area (Å²) in [7, 11) is -3.45. The van der Waals surface area contributed by atoms with E-state index >= 15 is 0 Å². The van der Waals surface area contributed by atoms with E-state index < -0.39 is 9.84 Å². The zero-order valence-corrected chi connectivity index (χ0v) is 18.3. The van der Waals surface area contributed by atoms with Crippen molar-refractivity contribution in [2.24, 2.45) is 0 Å². The van der Waals surface area contributed by atoms with Gasteiger partial charge in [-0.1, -0.05) is 24.6 Å². The molecule has 0 saturated heterocycles. The van der Waals surface area contributed by atoms with Crippen LogP contribution in [-0.4, -0.2) is 45.3 Å². The molecule has 0 aliphatic heterocycles. The second-order valence-electron chi connectivity index (χ2n) is 7.24. The lowest BCUT2D eigenvalue weighted by atomic mass is 10.2. The standard InChI is InChI=1S/C22H25N5O3S/c1-2-30-16-20-26-19-15-25-18-10-5-4-9-17(18)21(19)27(20)13-6-3-7-14-31(28,29)22-23-11-8-12-24-22/h4-5,8-12,15H,2-3,6-7,13-14,16H2,1H3. The Labute approximate surface area is 181 Å². The van der Waals surface area contributed by atoms with Crippen LogP contribution >= 0.6 is 0 Å². The van der Waals surface area contributed by atoms with Crippen molar-refractivity contribution in [3.8, 4) is 0 Å². The minimum absolute atomic E-state index is 0.0420. The number of benzene rings is 1. The molecule has 4 aromatic rings. The molecular weight excluding hydrogens is 414 g/mol. The number of pyridine rings is 1. The Morgan fingerprint density at radius 2 is 1.77 bits per heavy atom. The highest BCUT2D eigenvalue weighted by Crippen LogP contribution is 2.25. The average molecular weight is 440 g/mol. The number of hydrogen-bond acceptors (Lipinski definition) is 7. The van der Waals surface area contributed by atoms with Crippen molar-refractivity contribution in [3.05, 3.63) is 54.7 Å². The highest BCUT2D eigenvalue weighted by atomic mass is 32.2. The van der Waals surface area contributed by atoms with E-state index in [1.165, 1.54) is 12.4 Å². The van der Waals surface area contributed by atoms with Crippen molar-refractivity contribution in [3.63, 3.8) is 0 Å². The Kier molecular flexibility index (Phi) is 6.53. The third-order valence-corrected chi connectivity index (χ3v) is 6.70. The van der Waals surface area contributed by atoms with E-state index in [1.807, 2.05) is 25.1 Å². The van der Waals surface area contributed by atoms with Gasteiger partial charge in [0.15, 0.2) is 0 Å². The van der Waals surface area contributed by atoms with Crippen LogP contribution in [0.1, 0.15) is 32.0 Å². The highest BCUT2D eigenvalue weighted by Gasteiger charge is 2.17. The van der Waals surface area contributed by atoms with Gasteiger partial charge < -0.3 is 9.30 Å². The monoisotopic (exact) mass is 439 g/mol. The maximum absolute atomic E-state index is 12.4. The summed E-state index contributed by atoms with van der Waals surface area (Å²) in [6.45, 7) is 3.73. The molecule has 3 aromatic heterocycles. The summed E-state index contributed by atoms with van der Waals surface area (Å²) < 4.78 is 32.5. The van der Waals surface area contributed by atoms with Crippen LogP contribution in [0, 0.1) is 0 Å². The van der Waals surface area contributed by atoms with Crippen LogP contribution in [0.25, 0.3) is 21.9 Å². The minimum atomic E-state index is -3.45. The number of nitrogens with zero attached hydrogens (tertiary/aromatic N) is 5. The molecule has 0 saturated carbocycles. The van der Waals surface area contributed by atoms with E-state index in [9.17, 15) is 8.42 Å². The Balaban J connectivity index is 1.49. The van der Waals surface area contributed by atoms with Crippen LogP contribution in [0.5, 0.6) is 0 Å². The van der Waals surface area contributed by atoms with Crippen LogP contribution in [0.4, 0.5) is 0 Å². The summed E-state index contributed by atoms with van der Waals surface area (Å²) in [5.41, 5.74) is 2.82. The molecule has 0 amide bonds. The molecule has 4 rings (SSSR count). The molecule has 0 atom stereocenters. The molecule has 0 fully saturated rings. The summed E-state index contributed by atoms with van der Waals surface area (Å²) >= 11 is 0. The van der Waals surface area contributed by atoms with Gasteiger partial charge in [-0.15, -0.1) is 0 Å². The van der Waals surface area contributed by atoms with Gasteiger partial charge in [-0.3, -0.25) is 4.98 Å². The van der Waals surface area contributed by atoms with Crippen molar-refractivity contribution in [2.45, 2.75) is 44.5 Å². The number of imidazole rings is 1. The van der Waals surface area contributed by atoms with E-state index in [0.29, 0.717) is 19.6 Å². The van der Waals surface area contributed by atoms with E-state index in [0.717, 1.165) is 47.1 Å². The van der Waals surface area contributed by atoms with Crippen molar-refractivity contribution in [1.29, 1.82) is 0 Å². The van der Waals surface area contributed by atoms with Crippen LogP contribution in [-0.2, 0) is 27.7 Å². The number of fused-ring (bicyclic) bond motifs is 3. The first-order valence-corrected chi connectivity index (χ1v) is 12.1. The molecule has 0 N–H and O–H groups in total. The molecule has 0 spiro atoms. The SMILES string of the molecule is CCOCc1nc2cnc3ccccc3c2n1CCCCCS(=O)(=O)c1ncccn1. The topological polar surface area (TPSA) is 99.9 Å². The fraction of sp³-hybridized carbons (Fsp3) is 0.364. The van der Waals surface area contributed by atoms with Gasteiger partial charge in [0.2, 0.25) is 15.0 Å². The summed E-state index contributed by atoms with van der Waals surface area (Å²) in [6.07, 6.45) is 6.84. The molecule has 0 bridgehead atoms. The molecule has 0 aliphatic carbocycles. The molecule has 9 heteroatoms. The van der Waals surface area contributed by atoms with Gasteiger partial charge in [0.25, 0.3) is 0 Å².